The van der Waals surface area contributed by atoms with E-state index in [2.05, 4.69) is 10.4 Å². The Labute approximate surface area is 203 Å². The Balaban J connectivity index is 1.41. The van der Waals surface area contributed by atoms with E-state index >= 15 is 0 Å². The Kier molecular flexibility index (Phi) is 6.00. The van der Waals surface area contributed by atoms with Crippen molar-refractivity contribution < 1.29 is 27.8 Å². The Morgan fingerprint density at radius 2 is 1.86 bits per heavy atom. The van der Waals surface area contributed by atoms with Crippen LogP contribution in [0, 0.1) is 11.3 Å². The lowest BCUT2D eigenvalue weighted by Gasteiger charge is -2.15. The van der Waals surface area contributed by atoms with Crippen LogP contribution in [0.5, 0.6) is 11.5 Å². The molecule has 0 spiro atoms. The Hall–Kier alpha value is -4.49. The van der Waals surface area contributed by atoms with Crippen LogP contribution in [0.3, 0.4) is 0 Å². The highest BCUT2D eigenvalue weighted by Gasteiger charge is 2.35. The van der Waals surface area contributed by atoms with Gasteiger partial charge in [0.15, 0.2) is 17.2 Å². The van der Waals surface area contributed by atoms with Crippen molar-refractivity contribution in [2.75, 3.05) is 12.1 Å². The first kappa shape index (κ1) is 23.3. The van der Waals surface area contributed by atoms with Crippen molar-refractivity contribution in [1.29, 1.82) is 5.26 Å². The van der Waals surface area contributed by atoms with E-state index in [4.69, 9.17) is 14.7 Å². The highest BCUT2D eigenvalue weighted by molar-refractivity contribution is 5.54. The first-order chi connectivity index (χ1) is 17.3. The Bertz CT molecular complexity index is 1460. The molecule has 0 saturated heterocycles. The quantitative estimate of drug-likeness (QED) is 0.385. The average Bonchev–Trinajstić information content (AvgIpc) is 3.54. The molecule has 2 N–H and O–H groups in total. The van der Waals surface area contributed by atoms with E-state index in [1.807, 2.05) is 6.07 Å². The van der Waals surface area contributed by atoms with E-state index in [0.29, 0.717) is 39.6 Å². The number of aromatic nitrogens is 2. The summed E-state index contributed by atoms with van der Waals surface area (Å²) in [6, 6.07) is 21.3. The van der Waals surface area contributed by atoms with Gasteiger partial charge in [0.25, 0.3) is 0 Å². The number of alkyl halides is 3. The van der Waals surface area contributed by atoms with Crippen molar-refractivity contribution in [3.05, 3.63) is 101 Å². The molecule has 1 atom stereocenters. The number of aliphatic hydroxyl groups is 1. The molecule has 1 aromatic heterocycles. The summed E-state index contributed by atoms with van der Waals surface area (Å²) < 4.78 is 52.3. The summed E-state index contributed by atoms with van der Waals surface area (Å²) in [5.41, 5.74) is 1.55. The second-order valence-corrected chi connectivity index (χ2v) is 8.06. The number of rotatable bonds is 6. The van der Waals surface area contributed by atoms with E-state index < -0.39 is 18.0 Å². The molecule has 10 heteroatoms. The minimum Gasteiger partial charge on any atom is -0.454 e. The smallest absolute Gasteiger partial charge is 0.435 e. The SMILES string of the molecule is N#Cc1cccc(-n2nc(C(F)(F)F)cc2CNc2cccc(C(O)c3cccc4c3OCO4)c2)c1. The summed E-state index contributed by atoms with van der Waals surface area (Å²) in [4.78, 5) is 0. The fourth-order valence-corrected chi connectivity index (χ4v) is 3.97. The fraction of sp³-hybridized carbons (Fsp3) is 0.154. The predicted octanol–water partition coefficient (Wildman–Crippen LogP) is 5.19. The number of hydrogen-bond acceptors (Lipinski definition) is 6. The van der Waals surface area contributed by atoms with Gasteiger partial charge in [-0.2, -0.15) is 23.5 Å². The van der Waals surface area contributed by atoms with Crippen LogP contribution in [-0.2, 0) is 12.7 Å². The van der Waals surface area contributed by atoms with Crippen LogP contribution in [0.25, 0.3) is 5.69 Å². The van der Waals surface area contributed by atoms with Crippen molar-refractivity contribution in [3.63, 3.8) is 0 Å². The van der Waals surface area contributed by atoms with E-state index in [9.17, 15) is 18.3 Å². The monoisotopic (exact) mass is 492 g/mol. The molecule has 5 rings (SSSR count). The molecule has 0 aliphatic carbocycles. The van der Waals surface area contributed by atoms with Gasteiger partial charge in [-0.25, -0.2) is 4.68 Å². The van der Waals surface area contributed by atoms with E-state index in [0.717, 1.165) is 6.07 Å². The highest BCUT2D eigenvalue weighted by Crippen LogP contribution is 2.40. The molecule has 0 radical (unpaired) electrons. The third-order valence-corrected chi connectivity index (χ3v) is 5.69. The molecule has 1 unspecified atom stereocenters. The molecule has 2 heterocycles. The number of aliphatic hydroxyl groups excluding tert-OH is 1. The number of hydrogen-bond donors (Lipinski definition) is 2. The van der Waals surface area contributed by atoms with Crippen LogP contribution < -0.4 is 14.8 Å². The van der Waals surface area contributed by atoms with Gasteiger partial charge in [0.1, 0.15) is 6.10 Å². The van der Waals surface area contributed by atoms with Crippen LogP contribution in [0.4, 0.5) is 18.9 Å². The molecule has 4 aromatic rings. The van der Waals surface area contributed by atoms with Gasteiger partial charge >= 0.3 is 6.18 Å². The number of nitrogens with zero attached hydrogens (tertiary/aromatic N) is 3. The van der Waals surface area contributed by atoms with Crippen molar-refractivity contribution in [3.8, 4) is 23.3 Å². The molecule has 36 heavy (non-hydrogen) atoms. The fourth-order valence-electron chi connectivity index (χ4n) is 3.97. The lowest BCUT2D eigenvalue weighted by molar-refractivity contribution is -0.141. The molecule has 1 aliphatic rings. The van der Waals surface area contributed by atoms with Gasteiger partial charge < -0.3 is 19.9 Å². The second-order valence-electron chi connectivity index (χ2n) is 8.06. The molecule has 0 amide bonds. The lowest BCUT2D eigenvalue weighted by atomic mass is 10.00. The van der Waals surface area contributed by atoms with Crippen molar-refractivity contribution in [1.82, 2.24) is 9.78 Å². The topological polar surface area (TPSA) is 92.3 Å². The van der Waals surface area contributed by atoms with Crippen LogP contribution in [0.2, 0.25) is 0 Å². The minimum absolute atomic E-state index is 0.0110. The lowest BCUT2D eigenvalue weighted by Crippen LogP contribution is -2.09. The molecular weight excluding hydrogens is 473 g/mol. The van der Waals surface area contributed by atoms with Gasteiger partial charge in [-0.1, -0.05) is 30.3 Å². The minimum atomic E-state index is -4.63. The third kappa shape index (κ3) is 4.56. The zero-order valence-corrected chi connectivity index (χ0v) is 18.7. The summed E-state index contributed by atoms with van der Waals surface area (Å²) in [5, 5.41) is 27.0. The number of benzene rings is 3. The van der Waals surface area contributed by atoms with Gasteiger partial charge in [-0.3, -0.25) is 0 Å². The predicted molar refractivity (Wildman–Crippen MR) is 124 cm³/mol. The van der Waals surface area contributed by atoms with Gasteiger partial charge in [0.2, 0.25) is 6.79 Å². The molecule has 0 bridgehead atoms. The van der Waals surface area contributed by atoms with Crippen LogP contribution in [0.1, 0.15) is 34.2 Å². The molecule has 1 aliphatic heterocycles. The first-order valence-electron chi connectivity index (χ1n) is 10.9. The zero-order valence-electron chi connectivity index (χ0n) is 18.7. The van der Waals surface area contributed by atoms with Crippen molar-refractivity contribution >= 4 is 5.69 Å². The molecular formula is C26H19F3N4O3. The Morgan fingerprint density at radius 1 is 1.06 bits per heavy atom. The molecule has 7 nitrogen and oxygen atoms in total. The maximum atomic E-state index is 13.4. The van der Waals surface area contributed by atoms with Gasteiger partial charge in [0, 0.05) is 11.3 Å². The maximum Gasteiger partial charge on any atom is 0.435 e. The summed E-state index contributed by atoms with van der Waals surface area (Å²) in [6.07, 6.45) is -5.63. The van der Waals surface area contributed by atoms with Crippen LogP contribution in [0.15, 0.2) is 72.8 Å². The normalized spacial score (nSPS) is 13.3. The number of halogens is 3. The van der Waals surface area contributed by atoms with Gasteiger partial charge in [-0.05, 0) is 48.0 Å². The maximum absolute atomic E-state index is 13.4. The zero-order chi connectivity index (χ0) is 25.3. The van der Waals surface area contributed by atoms with Crippen molar-refractivity contribution in [2.24, 2.45) is 0 Å². The molecule has 182 valence electrons. The number of para-hydroxylation sites is 1. The van der Waals surface area contributed by atoms with E-state index in [1.54, 1.807) is 60.7 Å². The summed E-state index contributed by atoms with van der Waals surface area (Å²) in [7, 11) is 0. The number of anilines is 1. The van der Waals surface area contributed by atoms with Crippen molar-refractivity contribution in [2.45, 2.75) is 18.8 Å². The molecule has 3 aromatic carbocycles. The molecule has 0 fully saturated rings. The van der Waals surface area contributed by atoms with Crippen LogP contribution in [-0.4, -0.2) is 21.7 Å². The summed E-state index contributed by atoms with van der Waals surface area (Å²) in [5.74, 6) is 1.03. The van der Waals surface area contributed by atoms with E-state index in [-0.39, 0.29) is 19.0 Å². The average molecular weight is 492 g/mol. The van der Waals surface area contributed by atoms with Gasteiger partial charge in [-0.15, -0.1) is 0 Å². The standard InChI is InChI=1S/C26H19F3N4O3/c27-26(28,29)23-12-20(33(32-23)19-7-1-4-16(10-19)13-30)14-31-18-6-2-5-17(11-18)24(34)21-8-3-9-22-25(21)36-15-35-22/h1-12,24,31,34H,14-15H2. The molecule has 0 saturated carbocycles. The van der Waals surface area contributed by atoms with E-state index in [1.165, 1.54) is 10.7 Å². The second kappa shape index (κ2) is 9.28. The number of nitriles is 1. The number of fused-ring (bicyclic) bond motifs is 1. The summed E-state index contributed by atoms with van der Waals surface area (Å²) >= 11 is 0. The summed E-state index contributed by atoms with van der Waals surface area (Å²) in [6.45, 7) is 0.0859. The number of nitrogens with one attached hydrogen (secondary N) is 1. The third-order valence-electron chi connectivity index (χ3n) is 5.69. The largest absolute Gasteiger partial charge is 0.454 e. The Morgan fingerprint density at radius 3 is 2.67 bits per heavy atom. The van der Waals surface area contributed by atoms with Crippen LogP contribution >= 0.6 is 0 Å². The highest BCUT2D eigenvalue weighted by atomic mass is 19.4. The van der Waals surface area contributed by atoms with Gasteiger partial charge in [0.05, 0.1) is 29.6 Å². The first-order valence-corrected chi connectivity index (χ1v) is 10.9. The number of ether oxygens (including phenoxy) is 2.